The Morgan fingerprint density at radius 2 is 0.853 bits per heavy atom. The van der Waals surface area contributed by atoms with Crippen molar-refractivity contribution in [3.05, 3.63) is 12.2 Å². The summed E-state index contributed by atoms with van der Waals surface area (Å²) in [5, 5.41) is 50.3. The summed E-state index contributed by atoms with van der Waals surface area (Å²) < 4.78 is 71.9. The second-order valence-corrected chi connectivity index (χ2v) is 30.5. The number of hydrogen-bond acceptors (Lipinski definition) is 20. The van der Waals surface area contributed by atoms with Crippen molar-refractivity contribution in [2.45, 2.75) is 410 Å². The number of esters is 3. The Balaban J connectivity index is 2.69. The molecule has 0 aromatic heterocycles. The number of ether oxygens (including phenoxy) is 6. The van der Waals surface area contributed by atoms with E-state index in [1.807, 2.05) is 13.8 Å². The number of carbonyl (C=O) groups excluding carboxylic acids is 6. The molecule has 0 bridgehead atoms. The van der Waals surface area contributed by atoms with Crippen LogP contribution < -0.4 is 10.6 Å². The van der Waals surface area contributed by atoms with Gasteiger partial charge in [-0.25, -0.2) is 9.13 Å². The molecule has 0 aromatic rings. The Kier molecular flexibility index (Phi) is 53.7. The molecule has 2 fully saturated rings. The van der Waals surface area contributed by atoms with Gasteiger partial charge in [0.25, 0.3) is 0 Å². The third kappa shape index (κ3) is 46.0. The number of nitrogens with one attached hydrogen (secondary N) is 2. The number of carbonyl (C=O) groups is 6. The van der Waals surface area contributed by atoms with Crippen LogP contribution in [-0.2, 0) is 75.4 Å². The fraction of sp³-hybridized carbons (Fsp3) is 0.892. The molecule has 102 heavy (non-hydrogen) atoms. The number of amides is 2. The average molecular weight is 1500 g/mol. The summed E-state index contributed by atoms with van der Waals surface area (Å²) in [6, 6.07) is -3.86. The SMILES string of the molecule is CCCCCCC=CCCCCCC(=O)OC(CCCCCCCCCCC)CC(=O)NC1C(OCC2OC(OP(=O)(O)O)C(NC(=O)CC(=O)CCCCCCCCCCC)C(OC(=O)CC(O)CCCCCCC)C2O)OC(CO)C(OP(=O)(O)O)C1OC(=O)CC(O)CCCCCCC. The standard InChI is InChI=1S/C74H136N2O24P2/c1-6-11-16-21-24-27-28-31-34-39-44-49-64(83)94-59(48-43-38-33-30-26-23-18-13-8-3)53-63(82)76-68-72(98-66(85)52-58(80)47-41-36-20-15-10-5)70(99-101(87,88)89)60(54-77)95-73(68)93-55-61-69(86)71(97-65(84)51-57(79)46-40-35-19-14-9-4)67(74(96-61)100-102(90,91)92)75-62(81)50-56(78)45-42-37-32-29-25-22-17-12-7-2/h27-28,57-61,67-74,77,79-80,86H,6-26,29-55H2,1-5H3,(H,75,81)(H,76,82)(H2,87,88,89)(H2,90,91,92). The van der Waals surface area contributed by atoms with E-state index >= 15 is 0 Å². The van der Waals surface area contributed by atoms with Crippen molar-refractivity contribution in [3.63, 3.8) is 0 Å². The average Bonchev–Trinajstić information content (AvgIpc) is 0.788. The van der Waals surface area contributed by atoms with Crippen LogP contribution in [0.5, 0.6) is 0 Å². The number of rotatable bonds is 64. The smallest absolute Gasteiger partial charge is 0.462 e. The number of unbranched alkanes of at least 4 members (excludes halogenated alkanes) is 31. The highest BCUT2D eigenvalue weighted by Gasteiger charge is 2.55. The fourth-order valence-corrected chi connectivity index (χ4v) is 13.9. The highest BCUT2D eigenvalue weighted by atomic mass is 31.2. The first-order valence-corrected chi connectivity index (χ1v) is 42.3. The summed E-state index contributed by atoms with van der Waals surface area (Å²) >= 11 is 0. The minimum Gasteiger partial charge on any atom is -0.462 e. The van der Waals surface area contributed by atoms with Crippen molar-refractivity contribution >= 4 is 51.2 Å². The van der Waals surface area contributed by atoms with Gasteiger partial charge in [-0.15, -0.1) is 0 Å². The highest BCUT2D eigenvalue weighted by Crippen LogP contribution is 2.44. The van der Waals surface area contributed by atoms with Crippen molar-refractivity contribution in [3.8, 4) is 0 Å². The van der Waals surface area contributed by atoms with Crippen molar-refractivity contribution in [1.82, 2.24) is 10.6 Å². The molecule has 2 rings (SSSR count). The summed E-state index contributed by atoms with van der Waals surface area (Å²) in [4.78, 5) is 125. The molecule has 2 saturated heterocycles. The van der Waals surface area contributed by atoms with Gasteiger partial charge in [-0.05, 0) is 64.2 Å². The maximum Gasteiger partial charge on any atom is 0.472 e. The quantitative estimate of drug-likeness (QED) is 0.00675. The summed E-state index contributed by atoms with van der Waals surface area (Å²) in [5.41, 5.74) is 0. The molecule has 0 saturated carbocycles. The maximum atomic E-state index is 14.8. The molecule has 0 aromatic carbocycles. The summed E-state index contributed by atoms with van der Waals surface area (Å²) in [5.74, 6) is -5.19. The number of aliphatic hydroxyl groups excluding tert-OH is 4. The third-order valence-electron chi connectivity index (χ3n) is 18.6. The minimum absolute atomic E-state index is 0.0319. The largest absolute Gasteiger partial charge is 0.472 e. The Bertz CT molecular complexity index is 2360. The van der Waals surface area contributed by atoms with E-state index < -0.39 is 170 Å². The van der Waals surface area contributed by atoms with Gasteiger partial charge in [0.15, 0.2) is 24.8 Å². The predicted molar refractivity (Wildman–Crippen MR) is 387 cm³/mol. The van der Waals surface area contributed by atoms with Gasteiger partial charge in [-0.3, -0.25) is 37.8 Å². The van der Waals surface area contributed by atoms with Gasteiger partial charge in [0, 0.05) is 12.8 Å². The molecule has 2 amide bonds. The Hall–Kier alpha value is -3.30. The van der Waals surface area contributed by atoms with Crippen molar-refractivity contribution in [2.24, 2.45) is 0 Å². The number of phosphoric acid groups is 2. The molecule has 10 N–H and O–H groups in total. The lowest BCUT2D eigenvalue weighted by Crippen LogP contribution is -2.68. The molecule has 26 nitrogen and oxygen atoms in total. The molecule has 596 valence electrons. The van der Waals surface area contributed by atoms with Gasteiger partial charge in [0.1, 0.15) is 48.4 Å². The van der Waals surface area contributed by atoms with Gasteiger partial charge in [0.2, 0.25) is 11.8 Å². The van der Waals surface area contributed by atoms with Gasteiger partial charge in [-0.1, -0.05) is 239 Å². The molecule has 28 heteroatoms. The van der Waals surface area contributed by atoms with Crippen LogP contribution in [0, 0.1) is 0 Å². The number of aliphatic hydroxyl groups is 4. The van der Waals surface area contributed by atoms with E-state index in [-0.39, 0.29) is 32.1 Å². The minimum atomic E-state index is -5.66. The van der Waals surface area contributed by atoms with E-state index in [4.69, 9.17) is 37.5 Å². The van der Waals surface area contributed by atoms with Crippen LogP contribution in [0.25, 0.3) is 0 Å². The summed E-state index contributed by atoms with van der Waals surface area (Å²) in [6.07, 6.45) is 17.1. The normalized spacial score (nSPS) is 21.9. The van der Waals surface area contributed by atoms with Crippen LogP contribution in [0.3, 0.4) is 0 Å². The van der Waals surface area contributed by atoms with Crippen molar-refractivity contribution in [2.75, 3.05) is 13.2 Å². The lowest BCUT2D eigenvalue weighted by molar-refractivity contribution is -0.296. The van der Waals surface area contributed by atoms with E-state index in [2.05, 4.69) is 43.6 Å². The van der Waals surface area contributed by atoms with Crippen LogP contribution in [-0.4, -0.2) is 168 Å². The first-order valence-electron chi connectivity index (χ1n) is 39.3. The second kappa shape index (κ2) is 57.8. The van der Waals surface area contributed by atoms with E-state index in [1.54, 1.807) is 0 Å². The molecule has 0 spiro atoms. The molecule has 2 aliphatic rings. The summed E-state index contributed by atoms with van der Waals surface area (Å²) in [7, 11) is -11.3. The Morgan fingerprint density at radius 3 is 1.33 bits per heavy atom. The van der Waals surface area contributed by atoms with Crippen molar-refractivity contribution in [1.29, 1.82) is 0 Å². The molecule has 2 aliphatic heterocycles. The highest BCUT2D eigenvalue weighted by molar-refractivity contribution is 7.46. The lowest BCUT2D eigenvalue weighted by atomic mass is 9.95. The molecule has 13 unspecified atom stereocenters. The monoisotopic (exact) mass is 1500 g/mol. The zero-order valence-corrected chi connectivity index (χ0v) is 64.4. The fourth-order valence-electron chi connectivity index (χ4n) is 12.8. The maximum absolute atomic E-state index is 14.8. The number of allylic oxidation sites excluding steroid dienone is 2. The van der Waals surface area contributed by atoms with Crippen LogP contribution in [0.15, 0.2) is 12.2 Å². The van der Waals surface area contributed by atoms with Crippen LogP contribution in [0.1, 0.15) is 330 Å². The zero-order chi connectivity index (χ0) is 75.4. The van der Waals surface area contributed by atoms with Gasteiger partial charge in [-0.2, -0.15) is 0 Å². The molecule has 0 radical (unpaired) electrons. The molecule has 13 atom stereocenters. The Morgan fingerprint density at radius 1 is 0.451 bits per heavy atom. The molecule has 0 aliphatic carbocycles. The topological polar surface area (TPSA) is 396 Å². The first-order chi connectivity index (χ1) is 48.9. The first kappa shape index (κ1) is 94.8. The lowest BCUT2D eigenvalue weighted by Gasteiger charge is -2.47. The van der Waals surface area contributed by atoms with Crippen LogP contribution in [0.4, 0.5) is 0 Å². The number of Topliss-reactive ketones (excluding diaryl/α,β-unsaturated/α-hetero) is 1. The van der Waals surface area contributed by atoms with E-state index in [0.29, 0.717) is 32.1 Å². The van der Waals surface area contributed by atoms with Crippen LogP contribution >= 0.6 is 15.6 Å². The zero-order valence-electron chi connectivity index (χ0n) is 62.6. The molecule has 2 heterocycles. The van der Waals surface area contributed by atoms with E-state index in [1.165, 1.54) is 25.7 Å². The third-order valence-corrected chi connectivity index (χ3v) is 19.6. The Labute approximate surface area is 609 Å². The van der Waals surface area contributed by atoms with Gasteiger partial charge < -0.3 is 79.1 Å². The molecular formula is C74H136N2O24P2. The van der Waals surface area contributed by atoms with Gasteiger partial charge >= 0.3 is 33.6 Å². The second-order valence-electron chi connectivity index (χ2n) is 28.1. The van der Waals surface area contributed by atoms with Gasteiger partial charge in [0.05, 0.1) is 51.1 Å². The van der Waals surface area contributed by atoms with Crippen LogP contribution in [0.2, 0.25) is 0 Å². The molecular weight excluding hydrogens is 1360 g/mol. The summed E-state index contributed by atoms with van der Waals surface area (Å²) in [6.45, 7) is 8.44. The number of phosphoric ester groups is 2. The number of ketones is 1. The predicted octanol–water partition coefficient (Wildman–Crippen LogP) is 13.0. The van der Waals surface area contributed by atoms with E-state index in [9.17, 15) is 77.9 Å². The number of hydrogen-bond donors (Lipinski definition) is 10. The van der Waals surface area contributed by atoms with Crippen molar-refractivity contribution < 1.29 is 115 Å². The van der Waals surface area contributed by atoms with E-state index in [0.717, 1.165) is 180 Å².